The maximum atomic E-state index is 13.2. The van der Waals surface area contributed by atoms with Gasteiger partial charge in [0.25, 0.3) is 0 Å². The van der Waals surface area contributed by atoms with Gasteiger partial charge in [-0.3, -0.25) is 0 Å². The zero-order valence-corrected chi connectivity index (χ0v) is 22.2. The average molecular weight is 507 g/mol. The van der Waals surface area contributed by atoms with Crippen molar-refractivity contribution in [2.45, 2.75) is 70.6 Å². The Balaban J connectivity index is 1.29. The number of amides is 1. The van der Waals surface area contributed by atoms with E-state index in [-0.39, 0.29) is 17.7 Å². The Morgan fingerprint density at radius 1 is 1.14 bits per heavy atom. The quantitative estimate of drug-likeness (QED) is 0.640. The molecule has 1 saturated carbocycles. The van der Waals surface area contributed by atoms with E-state index in [2.05, 4.69) is 26.9 Å². The Kier molecular flexibility index (Phi) is 7.28. The lowest BCUT2D eigenvalue weighted by molar-refractivity contribution is 0.0232. The zero-order chi connectivity index (χ0) is 25.4. The van der Waals surface area contributed by atoms with E-state index in [1.165, 1.54) is 4.90 Å². The van der Waals surface area contributed by atoms with Crippen LogP contribution in [0, 0.1) is 5.92 Å². The Bertz CT molecular complexity index is 1140. The zero-order valence-electron chi connectivity index (χ0n) is 21.4. The van der Waals surface area contributed by atoms with Gasteiger partial charge in [0.1, 0.15) is 23.4 Å². The molecular formula is C24H38N6O4S. The number of ether oxygens (including phenoxy) is 1. The molecule has 194 valence electrons. The number of carbonyl (C=O) groups excluding carboxylic acids is 1. The molecule has 0 unspecified atom stereocenters. The molecule has 4 rings (SSSR count). The van der Waals surface area contributed by atoms with Crippen LogP contribution in [0.5, 0.6) is 0 Å². The lowest BCUT2D eigenvalue weighted by Gasteiger charge is -2.35. The van der Waals surface area contributed by atoms with Gasteiger partial charge in [0.05, 0.1) is 11.1 Å². The number of H-pyrrole nitrogens is 1. The van der Waals surface area contributed by atoms with E-state index in [0.29, 0.717) is 25.6 Å². The Labute approximate surface area is 208 Å². The number of likely N-dealkylation sites (N-methyl/N-ethyl adjacent to an activating group) is 1. The third-order valence-electron chi connectivity index (χ3n) is 7.23. The molecule has 0 spiro atoms. The fourth-order valence-corrected chi connectivity index (χ4v) is 7.10. The van der Waals surface area contributed by atoms with Crippen LogP contribution in [-0.4, -0.2) is 89.3 Å². The molecule has 0 radical (unpaired) electrons. The molecule has 1 aliphatic carbocycles. The lowest BCUT2D eigenvalue weighted by atomic mass is 9.86. The van der Waals surface area contributed by atoms with Crippen LogP contribution in [0.4, 0.5) is 10.6 Å². The maximum absolute atomic E-state index is 13.2. The van der Waals surface area contributed by atoms with Gasteiger partial charge in [0, 0.05) is 45.5 Å². The Hall–Kier alpha value is -2.40. The summed E-state index contributed by atoms with van der Waals surface area (Å²) < 4.78 is 33.4. The predicted molar refractivity (Wildman–Crippen MR) is 136 cm³/mol. The summed E-state index contributed by atoms with van der Waals surface area (Å²) >= 11 is 0. The summed E-state index contributed by atoms with van der Waals surface area (Å²) in [6.07, 6.45) is 7.24. The van der Waals surface area contributed by atoms with Crippen molar-refractivity contribution in [2.24, 2.45) is 5.92 Å². The number of anilines is 1. The number of sulfonamides is 1. The van der Waals surface area contributed by atoms with Crippen molar-refractivity contribution in [1.29, 1.82) is 0 Å². The Morgan fingerprint density at radius 2 is 1.86 bits per heavy atom. The van der Waals surface area contributed by atoms with E-state index in [4.69, 9.17) is 4.74 Å². The molecule has 1 amide bonds. The van der Waals surface area contributed by atoms with Crippen molar-refractivity contribution in [3.63, 3.8) is 0 Å². The fraction of sp³-hybridized carbons (Fsp3) is 0.708. The van der Waals surface area contributed by atoms with Gasteiger partial charge < -0.3 is 19.5 Å². The van der Waals surface area contributed by atoms with Crippen LogP contribution in [0.3, 0.4) is 0 Å². The van der Waals surface area contributed by atoms with E-state index in [1.54, 1.807) is 17.7 Å². The molecule has 0 bridgehead atoms. The van der Waals surface area contributed by atoms with Gasteiger partial charge in [-0.1, -0.05) is 0 Å². The molecule has 3 heterocycles. The van der Waals surface area contributed by atoms with Crippen molar-refractivity contribution in [1.82, 2.24) is 24.2 Å². The van der Waals surface area contributed by atoms with Crippen LogP contribution >= 0.6 is 0 Å². The van der Waals surface area contributed by atoms with Crippen molar-refractivity contribution in [2.75, 3.05) is 37.8 Å². The molecule has 2 aromatic heterocycles. The van der Waals surface area contributed by atoms with Gasteiger partial charge >= 0.3 is 6.09 Å². The largest absolute Gasteiger partial charge is 0.444 e. The maximum Gasteiger partial charge on any atom is 0.410 e. The normalized spacial score (nSPS) is 24.0. The van der Waals surface area contributed by atoms with Gasteiger partial charge in [-0.15, -0.1) is 0 Å². The summed E-state index contributed by atoms with van der Waals surface area (Å²) in [5.74, 6) is 1.22. The number of rotatable bonds is 6. The van der Waals surface area contributed by atoms with Crippen LogP contribution in [-0.2, 0) is 14.8 Å². The van der Waals surface area contributed by atoms with E-state index in [1.807, 2.05) is 33.0 Å². The third kappa shape index (κ3) is 5.88. The third-order valence-corrected chi connectivity index (χ3v) is 9.24. The van der Waals surface area contributed by atoms with E-state index < -0.39 is 21.7 Å². The summed E-state index contributed by atoms with van der Waals surface area (Å²) in [5, 5.41) is 1.000. The van der Waals surface area contributed by atoms with Gasteiger partial charge in [0.2, 0.25) is 10.0 Å². The Morgan fingerprint density at radius 3 is 2.54 bits per heavy atom. The molecule has 2 aromatic rings. The highest BCUT2D eigenvalue weighted by Crippen LogP contribution is 2.33. The van der Waals surface area contributed by atoms with Gasteiger partial charge in [-0.05, 0) is 64.9 Å². The lowest BCUT2D eigenvalue weighted by Crippen LogP contribution is -2.43. The van der Waals surface area contributed by atoms with Crippen LogP contribution in [0.25, 0.3) is 11.0 Å². The van der Waals surface area contributed by atoms with Crippen LogP contribution in [0.15, 0.2) is 18.6 Å². The van der Waals surface area contributed by atoms with Crippen LogP contribution < -0.4 is 4.90 Å². The highest BCUT2D eigenvalue weighted by molar-refractivity contribution is 7.89. The highest BCUT2D eigenvalue weighted by atomic mass is 32.2. The first-order valence-electron chi connectivity index (χ1n) is 12.4. The topological polar surface area (TPSA) is 112 Å². The second kappa shape index (κ2) is 9.93. The molecule has 35 heavy (non-hydrogen) atoms. The monoisotopic (exact) mass is 506 g/mol. The minimum Gasteiger partial charge on any atom is -0.444 e. The predicted octanol–water partition coefficient (Wildman–Crippen LogP) is 3.22. The number of hydrogen-bond acceptors (Lipinski definition) is 7. The highest BCUT2D eigenvalue weighted by Gasteiger charge is 2.38. The number of aromatic nitrogens is 3. The van der Waals surface area contributed by atoms with Crippen molar-refractivity contribution >= 4 is 33.0 Å². The summed E-state index contributed by atoms with van der Waals surface area (Å²) in [7, 11) is 0.362. The number of carbonyl (C=O) groups is 1. The van der Waals surface area contributed by atoms with Crippen molar-refractivity contribution in [3.05, 3.63) is 18.6 Å². The molecule has 1 saturated heterocycles. The first kappa shape index (κ1) is 25.7. The molecule has 2 fully saturated rings. The summed E-state index contributed by atoms with van der Waals surface area (Å²) in [4.78, 5) is 28.0. The molecule has 10 nitrogen and oxygen atoms in total. The summed E-state index contributed by atoms with van der Waals surface area (Å²) in [5.41, 5.74) is 0.242. The molecule has 11 heteroatoms. The molecule has 0 aromatic carbocycles. The van der Waals surface area contributed by atoms with Gasteiger partial charge in [-0.2, -0.15) is 4.31 Å². The van der Waals surface area contributed by atoms with E-state index >= 15 is 0 Å². The molecule has 1 N–H and O–H groups in total. The summed E-state index contributed by atoms with van der Waals surface area (Å²) in [6, 6.07) is 2.14. The van der Waals surface area contributed by atoms with Crippen LogP contribution in [0.2, 0.25) is 0 Å². The number of hydrogen-bond donors (Lipinski definition) is 1. The molecular weight excluding hydrogens is 468 g/mol. The van der Waals surface area contributed by atoms with Crippen molar-refractivity contribution < 1.29 is 17.9 Å². The van der Waals surface area contributed by atoms with Crippen LogP contribution in [0.1, 0.15) is 52.9 Å². The SMILES string of the molecule is CN(c1ncnc2[nH]ccc12)C1CCC(CS(=O)(=O)N2CC[C@H](N(C)C(=O)OC(C)(C)C)C2)CC1. The minimum atomic E-state index is -3.38. The standard InChI is InChI=1S/C24H38N6O4S/c1-24(2,3)34-23(31)29(5)19-11-13-30(14-19)35(32,33)15-17-6-8-18(9-7-17)28(4)22-20-10-12-25-21(20)26-16-27-22/h10,12,16-19H,6-9,11,13-15H2,1-5H3,(H,25,26,27)/t17?,18?,19-/m0/s1. The average Bonchev–Trinajstić information content (AvgIpc) is 3.47. The molecule has 1 aliphatic heterocycles. The second-order valence-corrected chi connectivity index (χ2v) is 12.9. The smallest absolute Gasteiger partial charge is 0.410 e. The van der Waals surface area contributed by atoms with Crippen molar-refractivity contribution in [3.8, 4) is 0 Å². The molecule has 1 atom stereocenters. The number of fused-ring (bicyclic) bond motifs is 1. The second-order valence-electron chi connectivity index (χ2n) is 10.9. The number of nitrogens with one attached hydrogen (secondary N) is 1. The fourth-order valence-electron chi connectivity index (χ4n) is 5.18. The minimum absolute atomic E-state index is 0.143. The number of nitrogens with zero attached hydrogens (tertiary/aromatic N) is 5. The summed E-state index contributed by atoms with van der Waals surface area (Å²) in [6.45, 7) is 6.25. The first-order chi connectivity index (χ1) is 16.4. The molecule has 2 aliphatic rings. The van der Waals surface area contributed by atoms with Gasteiger partial charge in [-0.25, -0.2) is 23.2 Å². The first-order valence-corrected chi connectivity index (χ1v) is 14.0. The number of aromatic amines is 1. The van der Waals surface area contributed by atoms with Gasteiger partial charge in [0.15, 0.2) is 0 Å². The van der Waals surface area contributed by atoms with E-state index in [0.717, 1.165) is 42.5 Å². The van der Waals surface area contributed by atoms with E-state index in [9.17, 15) is 13.2 Å².